The van der Waals surface area contributed by atoms with E-state index in [0.717, 1.165) is 0 Å². The molecular weight excluding hydrogens is 430 g/mol. The van der Waals surface area contributed by atoms with E-state index in [1.54, 1.807) is 24.3 Å². The first-order chi connectivity index (χ1) is 15.7. The summed E-state index contributed by atoms with van der Waals surface area (Å²) in [4.78, 5) is 36.1. The Bertz CT molecular complexity index is 1230. The minimum atomic E-state index is -0.573. The molecule has 0 saturated heterocycles. The van der Waals surface area contributed by atoms with Crippen molar-refractivity contribution in [3.8, 4) is 28.6 Å². The van der Waals surface area contributed by atoms with Gasteiger partial charge in [-0.3, -0.25) is 14.8 Å². The maximum atomic E-state index is 12.6. The standard InChI is InChI=1S/C22H25N5O6/c1-12(2)15-10-16(18(29)11-17(15)28)20-24-25-22(32)27(20)14-6-3-5-13(9-14)21(31)23-8-4-7-19(30)26-33/h3,5-6,9-12,28-29,33H,4,7-8H2,1-2H3,(H,23,31)(H,25,32)(H,26,30). The van der Waals surface area contributed by atoms with Crippen LogP contribution in [0.4, 0.5) is 0 Å². The average molecular weight is 455 g/mol. The Labute approximate surface area is 188 Å². The Hall–Kier alpha value is -4.12. The minimum absolute atomic E-state index is 0.0426. The first-order valence-electron chi connectivity index (χ1n) is 10.3. The van der Waals surface area contributed by atoms with Crippen LogP contribution < -0.4 is 16.5 Å². The van der Waals surface area contributed by atoms with Gasteiger partial charge in [0, 0.05) is 24.6 Å². The van der Waals surface area contributed by atoms with Crippen molar-refractivity contribution in [2.24, 2.45) is 0 Å². The van der Waals surface area contributed by atoms with E-state index in [4.69, 9.17) is 5.21 Å². The SMILES string of the molecule is CC(C)c1cc(-c2n[nH]c(=O)n2-c2cccc(C(=O)NCCCC(=O)NO)c2)c(O)cc1O. The van der Waals surface area contributed by atoms with Gasteiger partial charge in [0.15, 0.2) is 5.82 Å². The molecule has 3 rings (SSSR count). The maximum absolute atomic E-state index is 12.6. The van der Waals surface area contributed by atoms with Crippen LogP contribution in [0.1, 0.15) is 48.5 Å². The Kier molecular flexibility index (Phi) is 7.13. The molecule has 0 aliphatic carbocycles. The lowest BCUT2D eigenvalue weighted by molar-refractivity contribution is -0.129. The van der Waals surface area contributed by atoms with Gasteiger partial charge in [0.05, 0.1) is 11.3 Å². The molecule has 1 aromatic heterocycles. The molecule has 0 atom stereocenters. The Morgan fingerprint density at radius 3 is 2.61 bits per heavy atom. The first kappa shape index (κ1) is 23.5. The summed E-state index contributed by atoms with van der Waals surface area (Å²) >= 11 is 0. The number of phenols is 2. The molecule has 0 bridgehead atoms. The number of amides is 2. The van der Waals surface area contributed by atoms with Crippen molar-refractivity contribution in [3.05, 3.63) is 58.0 Å². The quantitative estimate of drug-likeness (QED) is 0.171. The zero-order valence-electron chi connectivity index (χ0n) is 18.1. The molecule has 33 heavy (non-hydrogen) atoms. The summed E-state index contributed by atoms with van der Waals surface area (Å²) < 4.78 is 1.22. The lowest BCUT2D eigenvalue weighted by Crippen LogP contribution is -2.26. The van der Waals surface area contributed by atoms with Gasteiger partial charge in [-0.25, -0.2) is 19.9 Å². The van der Waals surface area contributed by atoms with Crippen molar-refractivity contribution >= 4 is 11.8 Å². The fourth-order valence-corrected chi connectivity index (χ4v) is 3.35. The Morgan fingerprint density at radius 2 is 1.91 bits per heavy atom. The number of nitrogens with one attached hydrogen (secondary N) is 3. The number of rotatable bonds is 8. The molecule has 0 saturated carbocycles. The van der Waals surface area contributed by atoms with Crippen LogP contribution in [0, 0.1) is 0 Å². The molecule has 0 aliphatic heterocycles. The number of hydrogen-bond acceptors (Lipinski definition) is 7. The minimum Gasteiger partial charge on any atom is -0.508 e. The van der Waals surface area contributed by atoms with E-state index >= 15 is 0 Å². The van der Waals surface area contributed by atoms with Gasteiger partial charge in [0.1, 0.15) is 11.5 Å². The van der Waals surface area contributed by atoms with Gasteiger partial charge < -0.3 is 15.5 Å². The predicted molar refractivity (Wildman–Crippen MR) is 119 cm³/mol. The van der Waals surface area contributed by atoms with Gasteiger partial charge in [-0.2, -0.15) is 5.10 Å². The molecule has 6 N–H and O–H groups in total. The third-order valence-corrected chi connectivity index (χ3v) is 5.04. The molecule has 1 heterocycles. The highest BCUT2D eigenvalue weighted by Crippen LogP contribution is 2.37. The summed E-state index contributed by atoms with van der Waals surface area (Å²) in [7, 11) is 0. The molecule has 0 radical (unpaired) electrons. The van der Waals surface area contributed by atoms with Crippen molar-refractivity contribution < 1.29 is 25.0 Å². The van der Waals surface area contributed by atoms with Gasteiger partial charge in [-0.05, 0) is 42.2 Å². The molecule has 3 aromatic rings. The van der Waals surface area contributed by atoms with Crippen molar-refractivity contribution in [2.45, 2.75) is 32.6 Å². The Balaban J connectivity index is 1.92. The summed E-state index contributed by atoms with van der Waals surface area (Å²) in [5.74, 6) is -1.19. The Morgan fingerprint density at radius 1 is 1.15 bits per heavy atom. The van der Waals surface area contributed by atoms with Crippen molar-refractivity contribution in [2.75, 3.05) is 6.54 Å². The topological polar surface area (TPSA) is 170 Å². The molecule has 2 amide bonds. The van der Waals surface area contributed by atoms with Gasteiger partial charge >= 0.3 is 5.69 Å². The number of aromatic nitrogens is 3. The van der Waals surface area contributed by atoms with E-state index in [-0.39, 0.29) is 47.3 Å². The van der Waals surface area contributed by atoms with Gasteiger partial charge in [0.25, 0.3) is 5.91 Å². The summed E-state index contributed by atoms with van der Waals surface area (Å²) in [5, 5.41) is 38.1. The fraction of sp³-hybridized carbons (Fsp3) is 0.273. The summed E-state index contributed by atoms with van der Waals surface area (Å²) in [6.45, 7) is 3.98. The lowest BCUT2D eigenvalue weighted by atomic mass is 9.98. The number of benzene rings is 2. The highest BCUT2D eigenvalue weighted by molar-refractivity contribution is 5.94. The van der Waals surface area contributed by atoms with Gasteiger partial charge in [-0.1, -0.05) is 19.9 Å². The van der Waals surface area contributed by atoms with E-state index in [0.29, 0.717) is 17.7 Å². The van der Waals surface area contributed by atoms with E-state index in [1.165, 1.54) is 22.2 Å². The number of aromatic hydroxyl groups is 2. The number of carbonyl (C=O) groups is 2. The molecule has 11 heteroatoms. The smallest absolute Gasteiger partial charge is 0.348 e. The number of hydrogen-bond donors (Lipinski definition) is 6. The number of phenolic OH excluding ortho intramolecular Hbond substituents is 2. The average Bonchev–Trinajstić information content (AvgIpc) is 3.17. The molecule has 0 fully saturated rings. The molecule has 11 nitrogen and oxygen atoms in total. The third kappa shape index (κ3) is 5.21. The van der Waals surface area contributed by atoms with Crippen LogP contribution in [0.25, 0.3) is 17.1 Å². The van der Waals surface area contributed by atoms with Crippen LogP contribution in [0.15, 0.2) is 41.2 Å². The normalized spacial score (nSPS) is 10.9. The van der Waals surface area contributed by atoms with E-state index in [9.17, 15) is 24.6 Å². The summed E-state index contributed by atoms with van der Waals surface area (Å²) in [5.41, 5.74) is 2.39. The highest BCUT2D eigenvalue weighted by atomic mass is 16.5. The van der Waals surface area contributed by atoms with Crippen molar-refractivity contribution in [1.29, 1.82) is 0 Å². The van der Waals surface area contributed by atoms with Crippen LogP contribution in [0.2, 0.25) is 0 Å². The summed E-state index contributed by atoms with van der Waals surface area (Å²) in [6, 6.07) is 9.05. The predicted octanol–water partition coefficient (Wildman–Crippen LogP) is 1.78. The van der Waals surface area contributed by atoms with Gasteiger partial charge in [0.2, 0.25) is 5.91 Å². The number of nitrogens with zero attached hydrogens (tertiary/aromatic N) is 2. The molecule has 0 unspecified atom stereocenters. The molecule has 0 aliphatic rings. The molecular formula is C22H25N5O6. The van der Waals surface area contributed by atoms with Crippen LogP contribution in [-0.2, 0) is 4.79 Å². The number of carbonyl (C=O) groups excluding carboxylic acids is 2. The van der Waals surface area contributed by atoms with E-state index in [2.05, 4.69) is 15.5 Å². The molecule has 2 aromatic carbocycles. The van der Waals surface area contributed by atoms with Crippen LogP contribution in [0.3, 0.4) is 0 Å². The first-order valence-corrected chi connectivity index (χ1v) is 10.3. The monoisotopic (exact) mass is 455 g/mol. The second-order valence-corrected chi connectivity index (χ2v) is 7.72. The van der Waals surface area contributed by atoms with Crippen molar-refractivity contribution in [1.82, 2.24) is 25.6 Å². The fourth-order valence-electron chi connectivity index (χ4n) is 3.35. The number of H-pyrrole nitrogens is 1. The van der Waals surface area contributed by atoms with Crippen LogP contribution in [-0.4, -0.2) is 48.5 Å². The lowest BCUT2D eigenvalue weighted by Gasteiger charge is -2.13. The zero-order valence-corrected chi connectivity index (χ0v) is 18.1. The highest BCUT2D eigenvalue weighted by Gasteiger charge is 2.20. The molecule has 0 spiro atoms. The van der Waals surface area contributed by atoms with Gasteiger partial charge in [-0.15, -0.1) is 0 Å². The van der Waals surface area contributed by atoms with Crippen molar-refractivity contribution in [3.63, 3.8) is 0 Å². The van der Waals surface area contributed by atoms with E-state index in [1.807, 2.05) is 13.8 Å². The number of hydroxylamine groups is 1. The van der Waals surface area contributed by atoms with Crippen LogP contribution >= 0.6 is 0 Å². The maximum Gasteiger partial charge on any atom is 0.348 e. The zero-order chi connectivity index (χ0) is 24.1. The van der Waals surface area contributed by atoms with E-state index < -0.39 is 17.5 Å². The second kappa shape index (κ2) is 10.0. The third-order valence-electron chi connectivity index (χ3n) is 5.04. The summed E-state index contributed by atoms with van der Waals surface area (Å²) in [6.07, 6.45) is 0.389. The molecule has 174 valence electrons. The van der Waals surface area contributed by atoms with Crippen LogP contribution in [0.5, 0.6) is 11.5 Å². The largest absolute Gasteiger partial charge is 0.508 e. The second-order valence-electron chi connectivity index (χ2n) is 7.72. The number of aromatic amines is 1.